The third-order valence-electron chi connectivity index (χ3n) is 4.10. The zero-order valence-corrected chi connectivity index (χ0v) is 13.3. The second-order valence-electron chi connectivity index (χ2n) is 6.04. The molecule has 0 bridgehead atoms. The molecular formula is C20H18N2O. The molecule has 0 aliphatic carbocycles. The monoisotopic (exact) mass is 302 g/mol. The van der Waals surface area contributed by atoms with Gasteiger partial charge in [-0.05, 0) is 52.8 Å². The topological polar surface area (TPSA) is 45.8 Å². The quantitative estimate of drug-likeness (QED) is 0.733. The maximum Gasteiger partial charge on any atom is 0.251 e. The zero-order valence-electron chi connectivity index (χ0n) is 13.3. The Balaban J connectivity index is 2.07. The fourth-order valence-corrected chi connectivity index (χ4v) is 2.71. The molecular weight excluding hydrogens is 284 g/mol. The minimum absolute atomic E-state index is 0.0147. The summed E-state index contributed by atoms with van der Waals surface area (Å²) in [7, 11) is 0. The molecule has 1 aromatic heterocycles. The third-order valence-corrected chi connectivity index (χ3v) is 4.10. The number of rotatable bonds is 3. The highest BCUT2D eigenvalue weighted by atomic mass is 16.1. The van der Waals surface area contributed by atoms with E-state index in [0.29, 0.717) is 18.0 Å². The van der Waals surface area contributed by atoms with Gasteiger partial charge < -0.3 is 4.57 Å². The lowest BCUT2D eigenvalue weighted by atomic mass is 10.0. The van der Waals surface area contributed by atoms with Gasteiger partial charge in [-0.2, -0.15) is 5.26 Å². The molecule has 0 saturated carbocycles. The van der Waals surface area contributed by atoms with Gasteiger partial charge in [0.25, 0.3) is 5.56 Å². The van der Waals surface area contributed by atoms with E-state index >= 15 is 0 Å². The van der Waals surface area contributed by atoms with E-state index in [1.165, 1.54) is 5.56 Å². The molecule has 0 N–H and O–H groups in total. The third kappa shape index (κ3) is 3.02. The first-order valence-electron chi connectivity index (χ1n) is 7.71. The van der Waals surface area contributed by atoms with Gasteiger partial charge in [-0.3, -0.25) is 4.79 Å². The fraction of sp³-hybridized carbons (Fsp3) is 0.200. The van der Waals surface area contributed by atoms with Crippen molar-refractivity contribution >= 4 is 10.9 Å². The molecule has 3 rings (SSSR count). The summed E-state index contributed by atoms with van der Waals surface area (Å²) in [6.45, 7) is 4.82. The Hall–Kier alpha value is -2.86. The van der Waals surface area contributed by atoms with Crippen molar-refractivity contribution in [3.05, 3.63) is 81.6 Å². The number of hydrogen-bond acceptors (Lipinski definition) is 2. The van der Waals surface area contributed by atoms with Crippen LogP contribution in [0.2, 0.25) is 0 Å². The molecule has 3 aromatic rings. The van der Waals surface area contributed by atoms with Crippen molar-refractivity contribution in [3.8, 4) is 6.07 Å². The number of nitrogens with zero attached hydrogens (tertiary/aromatic N) is 2. The Labute approximate surface area is 135 Å². The van der Waals surface area contributed by atoms with Gasteiger partial charge in [-0.1, -0.05) is 32.0 Å². The SMILES string of the molecule is CC(C)c1ccc2c(ccc(=O)n2Cc2ccc(C#N)cc2)c1. The van der Waals surface area contributed by atoms with Crippen molar-refractivity contribution in [3.63, 3.8) is 0 Å². The molecule has 0 atom stereocenters. The highest BCUT2D eigenvalue weighted by Crippen LogP contribution is 2.21. The van der Waals surface area contributed by atoms with Crippen LogP contribution in [0, 0.1) is 11.3 Å². The summed E-state index contributed by atoms with van der Waals surface area (Å²) >= 11 is 0. The average Bonchev–Trinajstić information content (AvgIpc) is 2.57. The highest BCUT2D eigenvalue weighted by Gasteiger charge is 2.07. The molecule has 0 spiro atoms. The molecule has 3 nitrogen and oxygen atoms in total. The van der Waals surface area contributed by atoms with Crippen molar-refractivity contribution < 1.29 is 0 Å². The summed E-state index contributed by atoms with van der Waals surface area (Å²) in [6.07, 6.45) is 0. The van der Waals surface area contributed by atoms with E-state index in [0.717, 1.165) is 16.5 Å². The van der Waals surface area contributed by atoms with E-state index in [1.54, 1.807) is 22.8 Å². The molecule has 0 aliphatic rings. The zero-order chi connectivity index (χ0) is 16.4. The van der Waals surface area contributed by atoms with E-state index in [4.69, 9.17) is 5.26 Å². The highest BCUT2D eigenvalue weighted by molar-refractivity contribution is 5.80. The van der Waals surface area contributed by atoms with Gasteiger partial charge in [-0.25, -0.2) is 0 Å². The maximum absolute atomic E-state index is 12.3. The maximum atomic E-state index is 12.3. The molecule has 1 heterocycles. The van der Waals surface area contributed by atoms with Crippen molar-refractivity contribution in [2.45, 2.75) is 26.3 Å². The van der Waals surface area contributed by atoms with Gasteiger partial charge in [0.1, 0.15) is 0 Å². The minimum Gasteiger partial charge on any atom is -0.304 e. The standard InChI is InChI=1S/C20H18N2O/c1-14(2)17-7-9-19-18(11-17)8-10-20(23)22(19)13-16-5-3-15(12-21)4-6-16/h3-11,14H,13H2,1-2H3. The summed E-state index contributed by atoms with van der Waals surface area (Å²) in [6, 6.07) is 19.2. The molecule has 0 unspecified atom stereocenters. The smallest absolute Gasteiger partial charge is 0.251 e. The Morgan fingerprint density at radius 3 is 2.43 bits per heavy atom. The van der Waals surface area contributed by atoms with Gasteiger partial charge >= 0.3 is 0 Å². The number of pyridine rings is 1. The number of nitriles is 1. The van der Waals surface area contributed by atoms with Crippen LogP contribution in [0.5, 0.6) is 0 Å². The first-order valence-corrected chi connectivity index (χ1v) is 7.71. The first kappa shape index (κ1) is 15.1. The normalized spacial score (nSPS) is 10.9. The summed E-state index contributed by atoms with van der Waals surface area (Å²) in [5, 5.41) is 9.94. The molecule has 23 heavy (non-hydrogen) atoms. The number of hydrogen-bond donors (Lipinski definition) is 0. The molecule has 114 valence electrons. The Morgan fingerprint density at radius 1 is 1.04 bits per heavy atom. The van der Waals surface area contributed by atoms with Crippen LogP contribution in [0.1, 0.15) is 36.5 Å². The lowest BCUT2D eigenvalue weighted by molar-refractivity contribution is 0.793. The van der Waals surface area contributed by atoms with E-state index in [1.807, 2.05) is 24.3 Å². The van der Waals surface area contributed by atoms with Crippen LogP contribution >= 0.6 is 0 Å². The number of benzene rings is 2. The van der Waals surface area contributed by atoms with Gasteiger partial charge in [0.15, 0.2) is 0 Å². The molecule has 0 radical (unpaired) electrons. The molecule has 2 aromatic carbocycles. The van der Waals surface area contributed by atoms with Crippen LogP contribution in [-0.4, -0.2) is 4.57 Å². The minimum atomic E-state index is -0.0147. The first-order chi connectivity index (χ1) is 11.1. The average molecular weight is 302 g/mol. The molecule has 0 fully saturated rings. The Bertz CT molecular complexity index is 944. The van der Waals surface area contributed by atoms with Crippen LogP contribution in [0.25, 0.3) is 10.9 Å². The Morgan fingerprint density at radius 2 is 1.78 bits per heavy atom. The fourth-order valence-electron chi connectivity index (χ4n) is 2.71. The van der Waals surface area contributed by atoms with Gasteiger partial charge in [0.2, 0.25) is 0 Å². The second-order valence-corrected chi connectivity index (χ2v) is 6.04. The summed E-state index contributed by atoms with van der Waals surface area (Å²) in [4.78, 5) is 12.3. The van der Waals surface area contributed by atoms with Gasteiger partial charge in [-0.15, -0.1) is 0 Å². The van der Waals surface area contributed by atoms with E-state index in [2.05, 4.69) is 32.0 Å². The summed E-state index contributed by atoms with van der Waals surface area (Å²) in [5.41, 5.74) is 3.82. The van der Waals surface area contributed by atoms with Gasteiger partial charge in [0, 0.05) is 6.07 Å². The number of fused-ring (bicyclic) bond motifs is 1. The Kier molecular flexibility index (Phi) is 3.99. The lowest BCUT2D eigenvalue weighted by Crippen LogP contribution is -2.20. The van der Waals surface area contributed by atoms with Crippen LogP contribution < -0.4 is 5.56 Å². The summed E-state index contributed by atoms with van der Waals surface area (Å²) in [5.74, 6) is 0.457. The second kappa shape index (κ2) is 6.10. The van der Waals surface area contributed by atoms with Crippen molar-refractivity contribution in [2.75, 3.05) is 0 Å². The molecule has 0 amide bonds. The van der Waals surface area contributed by atoms with Crippen LogP contribution in [-0.2, 0) is 6.54 Å². The van der Waals surface area contributed by atoms with Gasteiger partial charge in [0.05, 0.1) is 23.7 Å². The predicted molar refractivity (Wildman–Crippen MR) is 92.6 cm³/mol. The molecule has 3 heteroatoms. The van der Waals surface area contributed by atoms with Crippen molar-refractivity contribution in [2.24, 2.45) is 0 Å². The number of aromatic nitrogens is 1. The van der Waals surface area contributed by atoms with E-state index in [9.17, 15) is 4.79 Å². The molecule has 0 aliphatic heterocycles. The van der Waals surface area contributed by atoms with Crippen molar-refractivity contribution in [1.29, 1.82) is 5.26 Å². The van der Waals surface area contributed by atoms with Crippen molar-refractivity contribution in [1.82, 2.24) is 4.57 Å². The lowest BCUT2D eigenvalue weighted by Gasteiger charge is -2.12. The van der Waals surface area contributed by atoms with Crippen LogP contribution in [0.3, 0.4) is 0 Å². The summed E-state index contributed by atoms with van der Waals surface area (Å²) < 4.78 is 1.78. The predicted octanol–water partition coefficient (Wildman–Crippen LogP) is 4.04. The van der Waals surface area contributed by atoms with E-state index < -0.39 is 0 Å². The largest absolute Gasteiger partial charge is 0.304 e. The van der Waals surface area contributed by atoms with E-state index in [-0.39, 0.29) is 5.56 Å². The van der Waals surface area contributed by atoms with Crippen LogP contribution in [0.4, 0.5) is 0 Å². The molecule has 0 saturated heterocycles. The van der Waals surface area contributed by atoms with Crippen LogP contribution in [0.15, 0.2) is 59.4 Å².